The number of carbonyl (C=O) groups excluding carboxylic acids is 2. The van der Waals surface area contributed by atoms with Crippen molar-refractivity contribution in [3.63, 3.8) is 0 Å². The molecule has 0 rings (SSSR count). The maximum Gasteiger partial charge on any atom is 0.330 e. The molecule has 8 heteroatoms. The van der Waals surface area contributed by atoms with Crippen LogP contribution in [-0.4, -0.2) is 71.6 Å². The van der Waals surface area contributed by atoms with Gasteiger partial charge >= 0.3 is 11.9 Å². The molecule has 0 saturated carbocycles. The summed E-state index contributed by atoms with van der Waals surface area (Å²) in [6.45, 7) is 8.07. The van der Waals surface area contributed by atoms with Gasteiger partial charge in [0.2, 0.25) is 0 Å². The van der Waals surface area contributed by atoms with Crippen molar-refractivity contribution in [2.45, 2.75) is 45.7 Å². The van der Waals surface area contributed by atoms with E-state index in [0.717, 1.165) is 36.1 Å². The summed E-state index contributed by atoms with van der Waals surface area (Å²) in [7, 11) is 0. The third-order valence-corrected chi connectivity index (χ3v) is 5.32. The molecule has 0 heterocycles. The van der Waals surface area contributed by atoms with E-state index >= 15 is 0 Å². The highest BCUT2D eigenvalue weighted by molar-refractivity contribution is 7.99. The maximum atomic E-state index is 12.3. The second-order valence-electron chi connectivity index (χ2n) is 5.38. The first-order chi connectivity index (χ1) is 11.5. The lowest BCUT2D eigenvalue weighted by Crippen LogP contribution is -2.45. The van der Waals surface area contributed by atoms with Crippen molar-refractivity contribution in [2.75, 3.05) is 42.6 Å². The summed E-state index contributed by atoms with van der Waals surface area (Å²) in [6.07, 6.45) is 1.07. The van der Waals surface area contributed by atoms with Gasteiger partial charge in [0.15, 0.2) is 0 Å². The average Bonchev–Trinajstić information content (AvgIpc) is 2.57. The molecule has 0 spiro atoms. The van der Waals surface area contributed by atoms with Crippen molar-refractivity contribution >= 4 is 35.5 Å². The minimum absolute atomic E-state index is 0.432. The molecule has 0 bridgehead atoms. The molecule has 0 aliphatic heterocycles. The molecule has 24 heavy (non-hydrogen) atoms. The summed E-state index contributed by atoms with van der Waals surface area (Å²) < 4.78 is 4.97. The molecule has 0 aromatic rings. The minimum Gasteiger partial charge on any atom is -0.391 e. The van der Waals surface area contributed by atoms with E-state index in [1.807, 2.05) is 23.5 Å². The highest BCUT2D eigenvalue weighted by atomic mass is 32.2. The predicted molar refractivity (Wildman–Crippen MR) is 104 cm³/mol. The van der Waals surface area contributed by atoms with Crippen molar-refractivity contribution < 1.29 is 14.3 Å². The smallest absolute Gasteiger partial charge is 0.330 e. The molecule has 2 atom stereocenters. The first kappa shape index (κ1) is 23.7. The molecule has 0 aliphatic carbocycles. The number of thioether (sulfide) groups is 2. The average molecular weight is 380 g/mol. The van der Waals surface area contributed by atoms with Crippen LogP contribution in [0.4, 0.5) is 0 Å². The van der Waals surface area contributed by atoms with Gasteiger partial charge < -0.3 is 16.2 Å². The van der Waals surface area contributed by atoms with Gasteiger partial charge in [-0.1, -0.05) is 13.8 Å². The number of esters is 2. The Balaban J connectivity index is 4.52. The zero-order chi connectivity index (χ0) is 18.4. The monoisotopic (exact) mass is 379 g/mol. The topological polar surface area (TPSA) is 98.6 Å². The van der Waals surface area contributed by atoms with Crippen LogP contribution in [0.5, 0.6) is 0 Å². The van der Waals surface area contributed by atoms with E-state index in [2.05, 4.69) is 18.7 Å². The molecule has 0 radical (unpaired) electrons. The Kier molecular flexibility index (Phi) is 14.8. The molecule has 0 fully saturated rings. The number of hydrogen-bond donors (Lipinski definition) is 2. The van der Waals surface area contributed by atoms with Crippen LogP contribution in [0, 0.1) is 0 Å². The zero-order valence-electron chi connectivity index (χ0n) is 15.2. The number of nitrogens with two attached hydrogens (primary N) is 2. The van der Waals surface area contributed by atoms with E-state index in [1.165, 1.54) is 0 Å². The molecule has 0 aliphatic rings. The first-order valence-electron chi connectivity index (χ1n) is 8.58. The van der Waals surface area contributed by atoms with Gasteiger partial charge in [-0.15, -0.1) is 0 Å². The quantitative estimate of drug-likeness (QED) is 0.265. The Labute approximate surface area is 154 Å². The summed E-state index contributed by atoms with van der Waals surface area (Å²) in [4.78, 5) is 26.2. The fraction of sp³-hybridized carbons (Fsp3) is 0.875. The zero-order valence-corrected chi connectivity index (χ0v) is 16.8. The van der Waals surface area contributed by atoms with E-state index in [9.17, 15) is 9.59 Å². The number of hydrogen-bond acceptors (Lipinski definition) is 8. The summed E-state index contributed by atoms with van der Waals surface area (Å²) in [5, 5.41) is 0. The molecule has 6 nitrogen and oxygen atoms in total. The van der Waals surface area contributed by atoms with Crippen LogP contribution in [0.3, 0.4) is 0 Å². The highest BCUT2D eigenvalue weighted by Crippen LogP contribution is 2.09. The van der Waals surface area contributed by atoms with E-state index in [4.69, 9.17) is 16.2 Å². The molecule has 4 N–H and O–H groups in total. The van der Waals surface area contributed by atoms with Gasteiger partial charge in [-0.2, -0.15) is 23.5 Å². The number of ether oxygens (including phenoxy) is 1. The fourth-order valence-corrected chi connectivity index (χ4v) is 3.32. The summed E-state index contributed by atoms with van der Waals surface area (Å²) in [6, 6.07) is -1.24. The highest BCUT2D eigenvalue weighted by Gasteiger charge is 2.26. The predicted octanol–water partition coefficient (Wildman–Crippen LogP) is 1.32. The van der Waals surface area contributed by atoms with Crippen LogP contribution in [-0.2, 0) is 14.3 Å². The molecule has 0 aromatic carbocycles. The molecular weight excluding hydrogens is 346 g/mol. The van der Waals surface area contributed by atoms with Crippen LogP contribution in [0.15, 0.2) is 0 Å². The van der Waals surface area contributed by atoms with E-state index < -0.39 is 24.0 Å². The van der Waals surface area contributed by atoms with Gasteiger partial charge in [0.05, 0.1) is 0 Å². The largest absolute Gasteiger partial charge is 0.391 e. The van der Waals surface area contributed by atoms with Gasteiger partial charge in [0, 0.05) is 24.6 Å². The molecule has 0 aromatic heterocycles. The Hall–Kier alpha value is -0.280. The molecule has 0 saturated heterocycles. The summed E-state index contributed by atoms with van der Waals surface area (Å²) in [5.74, 6) is 2.82. The van der Waals surface area contributed by atoms with E-state index in [1.54, 1.807) is 6.92 Å². The molecule has 0 amide bonds. The van der Waals surface area contributed by atoms with Crippen molar-refractivity contribution in [3.8, 4) is 0 Å². The number of rotatable bonds is 14. The van der Waals surface area contributed by atoms with Gasteiger partial charge in [-0.3, -0.25) is 4.90 Å². The van der Waals surface area contributed by atoms with Crippen LogP contribution in [0.25, 0.3) is 0 Å². The number of carbonyl (C=O) groups is 2. The fourth-order valence-electron chi connectivity index (χ4n) is 2.02. The Morgan fingerprint density at radius 3 is 2.08 bits per heavy atom. The van der Waals surface area contributed by atoms with Crippen molar-refractivity contribution in [1.82, 2.24) is 4.90 Å². The first-order valence-corrected chi connectivity index (χ1v) is 10.9. The lowest BCUT2D eigenvalue weighted by molar-refractivity contribution is -0.164. The van der Waals surface area contributed by atoms with Gasteiger partial charge in [-0.25, -0.2) is 9.59 Å². The standard InChI is InChI=1S/C16H33N3O3S2/c1-4-23-11-9-19(10-12-24-5-2)13(3)15(20)22-16(21)14(18)7-6-8-17/h13-14H,4-12,17-18H2,1-3H3/t13-,14+/m0/s1. The third kappa shape index (κ3) is 10.6. The van der Waals surface area contributed by atoms with Gasteiger partial charge in [0.1, 0.15) is 12.1 Å². The molecule has 142 valence electrons. The van der Waals surface area contributed by atoms with Crippen molar-refractivity contribution in [2.24, 2.45) is 11.5 Å². The van der Waals surface area contributed by atoms with Crippen LogP contribution < -0.4 is 11.5 Å². The Morgan fingerprint density at radius 2 is 1.62 bits per heavy atom. The summed E-state index contributed by atoms with van der Waals surface area (Å²) in [5.41, 5.74) is 11.1. The lowest BCUT2D eigenvalue weighted by Gasteiger charge is -2.27. The van der Waals surface area contributed by atoms with Crippen molar-refractivity contribution in [1.29, 1.82) is 0 Å². The van der Waals surface area contributed by atoms with E-state index in [0.29, 0.717) is 19.4 Å². The molecule has 0 unspecified atom stereocenters. The van der Waals surface area contributed by atoms with Gasteiger partial charge in [-0.05, 0) is 37.8 Å². The SMILES string of the molecule is CCSCCN(CCSCC)[C@@H](C)C(=O)OC(=O)[C@H](N)CCCN. The summed E-state index contributed by atoms with van der Waals surface area (Å²) >= 11 is 3.67. The normalized spacial score (nSPS) is 13.8. The second kappa shape index (κ2) is 15.0. The van der Waals surface area contributed by atoms with Crippen LogP contribution in [0.1, 0.15) is 33.6 Å². The van der Waals surface area contributed by atoms with Crippen LogP contribution >= 0.6 is 23.5 Å². The van der Waals surface area contributed by atoms with Crippen LogP contribution in [0.2, 0.25) is 0 Å². The molecular formula is C16H33N3O3S2. The second-order valence-corrected chi connectivity index (χ2v) is 8.17. The van der Waals surface area contributed by atoms with Gasteiger partial charge in [0.25, 0.3) is 0 Å². The Morgan fingerprint density at radius 1 is 1.08 bits per heavy atom. The van der Waals surface area contributed by atoms with Crippen molar-refractivity contribution in [3.05, 3.63) is 0 Å². The van der Waals surface area contributed by atoms with E-state index in [-0.39, 0.29) is 0 Å². The Bertz CT molecular complexity index is 349. The lowest BCUT2D eigenvalue weighted by atomic mass is 10.2. The maximum absolute atomic E-state index is 12.3. The minimum atomic E-state index is -0.788. The third-order valence-electron chi connectivity index (χ3n) is 3.57. The number of nitrogens with zero attached hydrogens (tertiary/aromatic N) is 1.